The largest absolute Gasteiger partial charge is 0.495 e. The van der Waals surface area contributed by atoms with Gasteiger partial charge < -0.3 is 19.5 Å². The number of nitrogens with zero attached hydrogens (tertiary/aromatic N) is 3. The Kier molecular flexibility index (Phi) is 6.58. The summed E-state index contributed by atoms with van der Waals surface area (Å²) >= 11 is 1.32. The molecule has 1 aromatic heterocycles. The molecule has 0 saturated carbocycles. The molecule has 8 nitrogen and oxygen atoms in total. The second-order valence-corrected chi connectivity index (χ2v) is 9.13. The number of rotatable bonds is 7. The molecule has 0 aliphatic carbocycles. The number of ether oxygens (including phenoxy) is 3. The first-order valence-corrected chi connectivity index (χ1v) is 12.0. The molecule has 0 spiro atoms. The number of fused-ring (bicyclic) bond motifs is 1. The Labute approximate surface area is 207 Å². The van der Waals surface area contributed by atoms with E-state index in [0.717, 1.165) is 5.69 Å². The number of nitrogens with one attached hydrogen (secondary N) is 1. The normalized spacial score (nSPS) is 15.3. The third-order valence-corrected chi connectivity index (χ3v) is 6.53. The van der Waals surface area contributed by atoms with Gasteiger partial charge in [-0.2, -0.15) is 0 Å². The summed E-state index contributed by atoms with van der Waals surface area (Å²) < 4.78 is 19.4. The number of amides is 1. The average molecular weight is 489 g/mol. The van der Waals surface area contributed by atoms with Gasteiger partial charge >= 0.3 is 0 Å². The number of anilines is 1. The molecule has 0 bridgehead atoms. The van der Waals surface area contributed by atoms with Crippen molar-refractivity contribution in [2.75, 3.05) is 19.0 Å². The second-order valence-electron chi connectivity index (χ2n) is 7.83. The highest BCUT2D eigenvalue weighted by atomic mass is 32.2. The number of carbonyl (C=O) groups is 1. The minimum absolute atomic E-state index is 0.171. The fraction of sp³-hybridized carbons (Fsp3) is 0.192. The van der Waals surface area contributed by atoms with Crippen molar-refractivity contribution in [2.24, 2.45) is 0 Å². The van der Waals surface area contributed by atoms with Gasteiger partial charge in [0, 0.05) is 5.69 Å². The number of hydrogen-bond donors (Lipinski definition) is 1. The molecule has 2 heterocycles. The molecule has 3 aromatic carbocycles. The van der Waals surface area contributed by atoms with E-state index in [1.807, 2.05) is 78.2 Å². The highest BCUT2D eigenvalue weighted by Crippen LogP contribution is 2.37. The molecule has 0 radical (unpaired) electrons. The molecule has 1 aliphatic heterocycles. The number of carbonyl (C=O) groups excluding carboxylic acids is 1. The van der Waals surface area contributed by atoms with Crippen molar-refractivity contribution < 1.29 is 19.0 Å². The lowest BCUT2D eigenvalue weighted by Gasteiger charge is -2.26. The van der Waals surface area contributed by atoms with Crippen molar-refractivity contribution >= 4 is 23.4 Å². The first-order valence-electron chi connectivity index (χ1n) is 11.1. The van der Waals surface area contributed by atoms with E-state index in [1.165, 1.54) is 11.8 Å². The molecule has 1 aliphatic rings. The molecular weight excluding hydrogens is 464 g/mol. The summed E-state index contributed by atoms with van der Waals surface area (Å²) in [6, 6.07) is 24.6. The van der Waals surface area contributed by atoms with Gasteiger partial charge in [-0.05, 0) is 43.3 Å². The van der Waals surface area contributed by atoms with Crippen LogP contribution in [0.5, 0.6) is 17.2 Å². The van der Waals surface area contributed by atoms with E-state index in [1.54, 1.807) is 19.2 Å². The highest BCUT2D eigenvalue weighted by molar-refractivity contribution is 8.00. The Morgan fingerprint density at radius 2 is 1.74 bits per heavy atom. The monoisotopic (exact) mass is 488 g/mol. The van der Waals surface area contributed by atoms with E-state index in [-0.39, 0.29) is 5.91 Å². The summed E-state index contributed by atoms with van der Waals surface area (Å²) in [6.45, 7) is 2.13. The minimum Gasteiger partial charge on any atom is -0.495 e. The minimum atomic E-state index is -0.455. The SMILES string of the molecule is COc1ccccc1NC(=O)[C@H](C)Sc1nnc([C@@H]2COc3ccccc3O2)n1-c1ccccc1. The summed E-state index contributed by atoms with van der Waals surface area (Å²) in [5.74, 6) is 2.39. The maximum absolute atomic E-state index is 13.0. The fourth-order valence-corrected chi connectivity index (χ4v) is 4.60. The standard InChI is InChI=1S/C26H24N4O4S/c1-17(25(31)27-19-12-6-7-13-20(19)32-2)35-26-29-28-24(30(26)18-10-4-3-5-11-18)23-16-33-21-14-8-9-15-22(21)34-23/h3-15,17,23H,16H2,1-2H3,(H,27,31)/t17-,23-/m0/s1. The van der Waals surface area contributed by atoms with E-state index in [0.29, 0.717) is 40.5 Å². The maximum Gasteiger partial charge on any atom is 0.237 e. The molecule has 0 unspecified atom stereocenters. The van der Waals surface area contributed by atoms with Crippen LogP contribution in [0.15, 0.2) is 84.0 Å². The predicted molar refractivity (Wildman–Crippen MR) is 134 cm³/mol. The Balaban J connectivity index is 1.41. The fourth-order valence-electron chi connectivity index (χ4n) is 3.73. The van der Waals surface area contributed by atoms with Gasteiger partial charge in [0.25, 0.3) is 0 Å². The third kappa shape index (κ3) is 4.81. The third-order valence-electron chi connectivity index (χ3n) is 5.49. The molecule has 0 fully saturated rings. The number of methoxy groups -OCH3 is 1. The van der Waals surface area contributed by atoms with Crippen LogP contribution in [0.25, 0.3) is 5.69 Å². The van der Waals surface area contributed by atoms with E-state index in [2.05, 4.69) is 15.5 Å². The first-order chi connectivity index (χ1) is 17.1. The Morgan fingerprint density at radius 3 is 2.54 bits per heavy atom. The lowest BCUT2D eigenvalue weighted by Crippen LogP contribution is -2.25. The molecule has 35 heavy (non-hydrogen) atoms. The van der Waals surface area contributed by atoms with E-state index in [9.17, 15) is 4.79 Å². The lowest BCUT2D eigenvalue weighted by molar-refractivity contribution is -0.115. The number of hydrogen-bond acceptors (Lipinski definition) is 7. The van der Waals surface area contributed by atoms with Crippen LogP contribution in [-0.4, -0.2) is 39.6 Å². The van der Waals surface area contributed by atoms with E-state index >= 15 is 0 Å². The second kappa shape index (κ2) is 10.1. The van der Waals surface area contributed by atoms with E-state index in [4.69, 9.17) is 14.2 Å². The molecule has 178 valence electrons. The van der Waals surface area contributed by atoms with E-state index < -0.39 is 11.4 Å². The van der Waals surface area contributed by atoms with Crippen molar-refractivity contribution in [3.8, 4) is 22.9 Å². The Hall–Kier alpha value is -3.98. The highest BCUT2D eigenvalue weighted by Gasteiger charge is 2.30. The molecule has 1 amide bonds. The summed E-state index contributed by atoms with van der Waals surface area (Å²) in [5.41, 5.74) is 1.49. The lowest BCUT2D eigenvalue weighted by atomic mass is 10.2. The molecule has 0 saturated heterocycles. The zero-order valence-electron chi connectivity index (χ0n) is 19.3. The van der Waals surface area contributed by atoms with Gasteiger partial charge in [-0.3, -0.25) is 9.36 Å². The molecule has 2 atom stereocenters. The summed E-state index contributed by atoms with van der Waals surface area (Å²) in [4.78, 5) is 13.0. The van der Waals surface area contributed by atoms with Crippen molar-refractivity contribution in [2.45, 2.75) is 23.4 Å². The quantitative estimate of drug-likeness (QED) is 0.370. The molecule has 5 rings (SSSR count). The number of thioether (sulfide) groups is 1. The van der Waals surface area contributed by atoms with Gasteiger partial charge in [-0.1, -0.05) is 54.2 Å². The predicted octanol–water partition coefficient (Wildman–Crippen LogP) is 4.91. The molecule has 1 N–H and O–H groups in total. The van der Waals surface area contributed by atoms with Crippen LogP contribution in [0.4, 0.5) is 5.69 Å². The van der Waals surface area contributed by atoms with Crippen LogP contribution in [0.2, 0.25) is 0 Å². The molecule has 9 heteroatoms. The van der Waals surface area contributed by atoms with Gasteiger partial charge in [-0.25, -0.2) is 0 Å². The Bertz CT molecular complexity index is 1330. The van der Waals surface area contributed by atoms with Crippen LogP contribution in [0, 0.1) is 0 Å². The maximum atomic E-state index is 13.0. The van der Waals surface area contributed by atoms with Crippen molar-refractivity contribution in [3.05, 3.63) is 84.7 Å². The van der Waals surface area contributed by atoms with Crippen LogP contribution in [0.1, 0.15) is 18.9 Å². The molecular formula is C26H24N4O4S. The number of benzene rings is 3. The summed E-state index contributed by atoms with van der Waals surface area (Å²) in [7, 11) is 1.57. The average Bonchev–Trinajstić information content (AvgIpc) is 3.32. The Morgan fingerprint density at radius 1 is 1.03 bits per heavy atom. The van der Waals surface area contributed by atoms with Gasteiger partial charge in [0.1, 0.15) is 12.4 Å². The van der Waals surface area contributed by atoms with Crippen molar-refractivity contribution in [1.82, 2.24) is 14.8 Å². The topological polar surface area (TPSA) is 87.5 Å². The smallest absolute Gasteiger partial charge is 0.237 e. The van der Waals surface area contributed by atoms with Gasteiger partial charge in [-0.15, -0.1) is 10.2 Å². The van der Waals surface area contributed by atoms with Crippen LogP contribution in [-0.2, 0) is 4.79 Å². The van der Waals surface area contributed by atoms with Gasteiger partial charge in [0.15, 0.2) is 28.6 Å². The van der Waals surface area contributed by atoms with Gasteiger partial charge in [0.05, 0.1) is 18.0 Å². The number of para-hydroxylation sites is 5. The first kappa shape index (κ1) is 22.8. The van der Waals surface area contributed by atoms with Crippen molar-refractivity contribution in [3.63, 3.8) is 0 Å². The summed E-state index contributed by atoms with van der Waals surface area (Å²) in [6.07, 6.45) is -0.454. The van der Waals surface area contributed by atoms with Crippen LogP contribution < -0.4 is 19.5 Å². The van der Waals surface area contributed by atoms with Crippen molar-refractivity contribution in [1.29, 1.82) is 0 Å². The molecule has 4 aromatic rings. The zero-order chi connectivity index (χ0) is 24.2. The summed E-state index contributed by atoms with van der Waals surface area (Å²) in [5, 5.41) is 11.9. The van der Waals surface area contributed by atoms with Crippen LogP contribution in [0.3, 0.4) is 0 Å². The number of aromatic nitrogens is 3. The zero-order valence-corrected chi connectivity index (χ0v) is 20.1. The van der Waals surface area contributed by atoms with Crippen LogP contribution >= 0.6 is 11.8 Å². The van der Waals surface area contributed by atoms with Gasteiger partial charge in [0.2, 0.25) is 5.91 Å².